The van der Waals surface area contributed by atoms with Crippen LogP contribution in [0.1, 0.15) is 52.0 Å². The molecule has 4 heterocycles. The molecule has 8 rings (SSSR count). The van der Waals surface area contributed by atoms with Crippen LogP contribution in [0.25, 0.3) is 21.8 Å². The topological polar surface area (TPSA) is 116 Å². The van der Waals surface area contributed by atoms with Crippen molar-refractivity contribution in [2.45, 2.75) is 43.9 Å². The molecule has 2 N–H and O–H groups in total. The van der Waals surface area contributed by atoms with Gasteiger partial charge in [-0.05, 0) is 80.3 Å². The summed E-state index contributed by atoms with van der Waals surface area (Å²) in [7, 11) is 0. The number of benzene rings is 4. The Morgan fingerprint density at radius 1 is 0.610 bits per heavy atom. The van der Waals surface area contributed by atoms with Crippen LogP contribution in [0.2, 0.25) is 25.1 Å². The fraction of sp³-hybridized carbons (Fsp3) is 0.268. The van der Waals surface area contributed by atoms with E-state index in [-0.39, 0.29) is 39.5 Å². The van der Waals surface area contributed by atoms with E-state index in [0.29, 0.717) is 63.3 Å². The number of para-hydroxylation sites is 1. The Kier molecular flexibility index (Phi) is 13.2. The number of hydrogen-bond acceptors (Lipinski definition) is 8. The van der Waals surface area contributed by atoms with Crippen LogP contribution >= 0.6 is 58.0 Å². The third-order valence-corrected chi connectivity index (χ3v) is 12.1. The second kappa shape index (κ2) is 18.3. The van der Waals surface area contributed by atoms with Gasteiger partial charge in [0.25, 0.3) is 11.8 Å². The molecule has 2 aliphatic rings. The van der Waals surface area contributed by atoms with Crippen molar-refractivity contribution in [3.8, 4) is 0 Å². The lowest BCUT2D eigenvalue weighted by atomic mass is 10.0. The summed E-state index contributed by atoms with van der Waals surface area (Å²) in [4.78, 5) is 46.1. The van der Waals surface area contributed by atoms with Crippen molar-refractivity contribution in [3.63, 3.8) is 0 Å². The summed E-state index contributed by atoms with van der Waals surface area (Å²) < 4.78 is 40.0. The Labute approximate surface area is 362 Å². The number of hydrogen-bond donors (Lipinski definition) is 2. The molecule has 0 saturated carbocycles. The highest BCUT2D eigenvalue weighted by Gasteiger charge is 2.34. The fourth-order valence-corrected chi connectivity index (χ4v) is 8.12. The van der Waals surface area contributed by atoms with E-state index < -0.39 is 11.7 Å². The predicted octanol–water partition coefficient (Wildman–Crippen LogP) is 10.3. The first-order valence-electron chi connectivity index (χ1n) is 18.5. The number of fused-ring (bicyclic) bond motifs is 2. The Morgan fingerprint density at radius 3 is 1.63 bits per heavy atom. The summed E-state index contributed by atoms with van der Waals surface area (Å²) in [5.41, 5.74) is 0.659. The van der Waals surface area contributed by atoms with Crippen LogP contribution in [-0.2, 0) is 6.18 Å². The van der Waals surface area contributed by atoms with Crippen molar-refractivity contribution >= 4 is 103 Å². The van der Waals surface area contributed by atoms with E-state index >= 15 is 0 Å². The number of amides is 2. The van der Waals surface area contributed by atoms with Crippen molar-refractivity contribution in [1.82, 2.24) is 30.6 Å². The van der Waals surface area contributed by atoms with Gasteiger partial charge in [0.1, 0.15) is 24.3 Å². The number of anilines is 2. The lowest BCUT2D eigenvalue weighted by Gasteiger charge is -2.33. The molecular weight excluding hydrogens is 871 g/mol. The summed E-state index contributed by atoms with van der Waals surface area (Å²) in [6, 6.07) is 19.5. The smallest absolute Gasteiger partial charge is 0.356 e. The first kappa shape index (κ1) is 42.5. The number of aromatic nitrogens is 4. The van der Waals surface area contributed by atoms with Crippen LogP contribution in [0.5, 0.6) is 0 Å². The van der Waals surface area contributed by atoms with Crippen molar-refractivity contribution in [2.75, 3.05) is 36.0 Å². The van der Waals surface area contributed by atoms with Gasteiger partial charge in [0.2, 0.25) is 0 Å². The normalized spacial score (nSPS) is 15.2. The standard InChI is InChI=1S/C21H17Cl2F3N4O.C20H17Cl3N4O/c22-16-6-2-3-13(17(16)23)20(31)29-12-7-9-30(10-8-12)19-14-4-1-5-15(21(24,25)26)18(14)27-11-28-19;21-12-4-5-17-15(10-12)19(25-11-24-17)27-8-6-13(7-9-27)26-20(28)14-2-1-3-16(22)18(14)23/h1-6,11-12H,7-10H2,(H,29,31);1-5,10-11,13H,6-9H2,(H,26,28). The Hall–Kier alpha value is -4.66. The van der Waals surface area contributed by atoms with Crippen LogP contribution in [0.3, 0.4) is 0 Å². The first-order chi connectivity index (χ1) is 28.3. The zero-order valence-corrected chi connectivity index (χ0v) is 34.7. The quantitative estimate of drug-likeness (QED) is 0.170. The summed E-state index contributed by atoms with van der Waals surface area (Å²) in [6.07, 6.45) is 1.04. The Balaban J connectivity index is 0.000000180. The molecule has 0 bridgehead atoms. The van der Waals surface area contributed by atoms with Crippen LogP contribution in [0, 0.1) is 0 Å². The summed E-state index contributed by atoms with van der Waals surface area (Å²) in [5.74, 6) is 0.812. The lowest BCUT2D eigenvalue weighted by Crippen LogP contribution is -2.45. The van der Waals surface area contributed by atoms with Gasteiger partial charge in [-0.3, -0.25) is 9.59 Å². The van der Waals surface area contributed by atoms with Crippen molar-refractivity contribution < 1.29 is 22.8 Å². The molecule has 0 unspecified atom stereocenters. The van der Waals surface area contributed by atoms with Gasteiger partial charge in [0.05, 0.1) is 47.8 Å². The Morgan fingerprint density at radius 2 is 1.10 bits per heavy atom. The van der Waals surface area contributed by atoms with E-state index in [0.717, 1.165) is 55.0 Å². The highest BCUT2D eigenvalue weighted by atomic mass is 35.5. The van der Waals surface area contributed by atoms with Crippen LogP contribution in [-0.4, -0.2) is 70.0 Å². The van der Waals surface area contributed by atoms with E-state index in [2.05, 4.69) is 35.5 Å². The summed E-state index contributed by atoms with van der Waals surface area (Å²) in [6.45, 7) is 2.59. The van der Waals surface area contributed by atoms with E-state index in [1.165, 1.54) is 6.07 Å². The van der Waals surface area contributed by atoms with Crippen LogP contribution in [0.4, 0.5) is 24.8 Å². The predicted molar refractivity (Wildman–Crippen MR) is 227 cm³/mol. The first-order valence-corrected chi connectivity index (χ1v) is 20.4. The Bertz CT molecular complexity index is 2510. The van der Waals surface area contributed by atoms with E-state index in [9.17, 15) is 22.8 Å². The second-order valence-corrected chi connectivity index (χ2v) is 15.9. The molecule has 2 aliphatic heterocycles. The van der Waals surface area contributed by atoms with Gasteiger partial charge >= 0.3 is 6.18 Å². The molecule has 18 heteroatoms. The number of carbonyl (C=O) groups is 2. The van der Waals surface area contributed by atoms with Crippen molar-refractivity contribution in [2.24, 2.45) is 0 Å². The van der Waals surface area contributed by atoms with Gasteiger partial charge in [-0.25, -0.2) is 19.9 Å². The molecule has 2 fully saturated rings. The second-order valence-electron chi connectivity index (χ2n) is 13.9. The van der Waals surface area contributed by atoms with Gasteiger partial charge in [0.15, 0.2) is 0 Å². The SMILES string of the molecule is O=C(NC1CCN(c2ncnc3c(C(F)(F)F)cccc23)CC1)c1cccc(Cl)c1Cl.O=C(NC1CCN(c2ncnc3ccc(Cl)cc23)CC1)c1cccc(Cl)c1Cl. The minimum absolute atomic E-state index is 0.0653. The number of halogens is 8. The minimum Gasteiger partial charge on any atom is -0.356 e. The third kappa shape index (κ3) is 9.71. The van der Waals surface area contributed by atoms with Crippen LogP contribution < -0.4 is 20.4 Å². The molecule has 0 spiro atoms. The highest BCUT2D eigenvalue weighted by Crippen LogP contribution is 2.37. The largest absolute Gasteiger partial charge is 0.418 e. The molecule has 4 aromatic carbocycles. The van der Waals surface area contributed by atoms with E-state index in [4.69, 9.17) is 58.0 Å². The summed E-state index contributed by atoms with van der Waals surface area (Å²) in [5, 5.41) is 9.11. The van der Waals surface area contributed by atoms with Gasteiger partial charge in [-0.15, -0.1) is 0 Å². The van der Waals surface area contributed by atoms with Gasteiger partial charge < -0.3 is 20.4 Å². The maximum Gasteiger partial charge on any atom is 0.418 e. The molecule has 0 atom stereocenters. The number of nitrogens with zero attached hydrogens (tertiary/aromatic N) is 6. The van der Waals surface area contributed by atoms with Gasteiger partial charge in [0, 0.05) is 54.1 Å². The fourth-order valence-electron chi connectivity index (χ4n) is 7.18. The number of nitrogens with one attached hydrogen (secondary N) is 2. The number of alkyl halides is 3. The van der Waals surface area contributed by atoms with Gasteiger partial charge in [-0.2, -0.15) is 13.2 Å². The molecule has 2 saturated heterocycles. The maximum absolute atomic E-state index is 13.3. The number of piperidine rings is 2. The zero-order chi connectivity index (χ0) is 41.8. The van der Waals surface area contributed by atoms with E-state index in [1.807, 2.05) is 23.1 Å². The molecular formula is C41H34Cl5F3N8O2. The third-order valence-electron chi connectivity index (χ3n) is 10.2. The van der Waals surface area contributed by atoms with Gasteiger partial charge in [-0.1, -0.05) is 76.2 Å². The monoisotopic (exact) mass is 902 g/mol. The van der Waals surface area contributed by atoms with E-state index in [1.54, 1.807) is 48.8 Å². The molecule has 306 valence electrons. The van der Waals surface area contributed by atoms with Crippen molar-refractivity contribution in [3.05, 3.63) is 127 Å². The summed E-state index contributed by atoms with van der Waals surface area (Å²) >= 11 is 30.4. The molecule has 2 amide bonds. The van der Waals surface area contributed by atoms with Crippen molar-refractivity contribution in [1.29, 1.82) is 0 Å². The zero-order valence-electron chi connectivity index (χ0n) is 30.9. The average molecular weight is 905 g/mol. The van der Waals surface area contributed by atoms with Crippen LogP contribution in [0.15, 0.2) is 85.5 Å². The minimum atomic E-state index is -4.50. The lowest BCUT2D eigenvalue weighted by molar-refractivity contribution is -0.136. The molecule has 2 aromatic heterocycles. The number of rotatable bonds is 6. The molecule has 10 nitrogen and oxygen atoms in total. The molecule has 0 radical (unpaired) electrons. The molecule has 59 heavy (non-hydrogen) atoms. The maximum atomic E-state index is 13.3. The number of carbonyl (C=O) groups excluding carboxylic acids is 2. The highest BCUT2D eigenvalue weighted by molar-refractivity contribution is 6.44. The molecule has 0 aliphatic carbocycles. The molecule has 6 aromatic rings. The average Bonchev–Trinajstić information content (AvgIpc) is 3.22.